The molecule has 6 heteroatoms. The highest BCUT2D eigenvalue weighted by Gasteiger charge is 2.73. The lowest BCUT2D eigenvalue weighted by Gasteiger charge is -2.64. The molecule has 6 rings (SSSR count). The molecule has 2 unspecified atom stereocenters. The Hall–Kier alpha value is -3.09. The molecule has 1 saturated carbocycles. The number of nitrogens with zero attached hydrogens (tertiary/aromatic N) is 2. The molecule has 39 heavy (non-hydrogen) atoms. The van der Waals surface area contributed by atoms with Gasteiger partial charge in [-0.1, -0.05) is 55.8 Å². The Kier molecular flexibility index (Phi) is 6.39. The number of phenolic OH excluding ortho intramolecular Hbond substituents is 1. The van der Waals surface area contributed by atoms with Crippen molar-refractivity contribution in [3.63, 3.8) is 0 Å². The Bertz CT molecular complexity index is 1330. The maximum absolute atomic E-state index is 13.9. The van der Waals surface area contributed by atoms with Crippen molar-refractivity contribution in [3.05, 3.63) is 77.4 Å². The molecule has 6 nitrogen and oxygen atoms in total. The van der Waals surface area contributed by atoms with Crippen molar-refractivity contribution < 1.29 is 19.7 Å². The lowest BCUT2D eigenvalue weighted by Crippen LogP contribution is -2.78. The molecule has 2 fully saturated rings. The van der Waals surface area contributed by atoms with Crippen LogP contribution in [0.4, 0.5) is 0 Å². The number of aromatic hydroxyl groups is 1. The van der Waals surface area contributed by atoms with E-state index in [4.69, 9.17) is 4.74 Å². The van der Waals surface area contributed by atoms with Gasteiger partial charge in [0, 0.05) is 30.8 Å². The zero-order chi connectivity index (χ0) is 27.5. The van der Waals surface area contributed by atoms with Crippen LogP contribution in [0.2, 0.25) is 0 Å². The van der Waals surface area contributed by atoms with Crippen LogP contribution in [-0.2, 0) is 16.6 Å². The lowest BCUT2D eigenvalue weighted by atomic mass is 9.48. The molecular weight excluding hydrogens is 488 g/mol. The summed E-state index contributed by atoms with van der Waals surface area (Å²) in [5.74, 6) is 0.843. The second-order valence-corrected chi connectivity index (χ2v) is 12.4. The Morgan fingerprint density at radius 2 is 2.10 bits per heavy atom. The molecule has 2 N–H and O–H groups in total. The van der Waals surface area contributed by atoms with Gasteiger partial charge in [-0.3, -0.25) is 9.69 Å². The molecule has 4 aliphatic rings. The SMILES string of the molecule is C=CCN1CC[C@]23c4c5ccc(O)c4OC2C(N(CC(C)C)C(=O)C=Cc2cccc(C)c2)CC[C@@]3(O)[C@H]1C5. The summed E-state index contributed by atoms with van der Waals surface area (Å²) in [7, 11) is 0. The molecule has 2 aromatic carbocycles. The van der Waals surface area contributed by atoms with E-state index >= 15 is 0 Å². The first-order chi connectivity index (χ1) is 18.7. The van der Waals surface area contributed by atoms with Gasteiger partial charge in [-0.15, -0.1) is 6.58 Å². The molecule has 2 heterocycles. The van der Waals surface area contributed by atoms with Gasteiger partial charge in [0.05, 0.1) is 17.1 Å². The van der Waals surface area contributed by atoms with Crippen molar-refractivity contribution in [2.75, 3.05) is 19.6 Å². The van der Waals surface area contributed by atoms with E-state index in [1.807, 2.05) is 48.2 Å². The number of carbonyl (C=O) groups excluding carboxylic acids is 1. The molecule has 0 aromatic heterocycles. The fourth-order valence-electron chi connectivity index (χ4n) is 8.13. The zero-order valence-electron chi connectivity index (χ0n) is 23.3. The summed E-state index contributed by atoms with van der Waals surface area (Å²) in [6, 6.07) is 11.6. The molecule has 2 aromatic rings. The summed E-state index contributed by atoms with van der Waals surface area (Å²) >= 11 is 0. The fraction of sp³-hybridized carbons (Fsp3) is 0.485. The first-order valence-corrected chi connectivity index (χ1v) is 14.3. The van der Waals surface area contributed by atoms with Crippen molar-refractivity contribution >= 4 is 12.0 Å². The Morgan fingerprint density at radius 1 is 1.28 bits per heavy atom. The van der Waals surface area contributed by atoms with Crippen LogP contribution in [0.1, 0.15) is 55.4 Å². The van der Waals surface area contributed by atoms with Gasteiger partial charge in [0.2, 0.25) is 5.91 Å². The molecule has 1 saturated heterocycles. The second kappa shape index (κ2) is 9.53. The van der Waals surface area contributed by atoms with E-state index in [0.717, 1.165) is 35.3 Å². The number of phenols is 1. The maximum atomic E-state index is 13.9. The van der Waals surface area contributed by atoms with Crippen molar-refractivity contribution in [2.24, 2.45) is 5.92 Å². The van der Waals surface area contributed by atoms with Crippen LogP contribution >= 0.6 is 0 Å². The number of piperidine rings is 1. The summed E-state index contributed by atoms with van der Waals surface area (Å²) in [5.41, 5.74) is 2.57. The average molecular weight is 529 g/mol. The smallest absolute Gasteiger partial charge is 0.246 e. The average Bonchev–Trinajstić information content (AvgIpc) is 3.25. The quantitative estimate of drug-likeness (QED) is 0.406. The van der Waals surface area contributed by atoms with Crippen molar-refractivity contribution in [2.45, 2.75) is 75.7 Å². The molecular formula is C33H40N2O4. The van der Waals surface area contributed by atoms with Crippen molar-refractivity contribution in [1.29, 1.82) is 0 Å². The standard InChI is InChI=1S/C33H40N2O4/c1-5-16-34-17-15-32-29-24-10-11-26(36)30(29)39-31(32)25(13-14-33(32,38)27(34)19-24)35(20-21(2)3)28(37)12-9-23-8-6-7-22(4)18-23/h5-12,18,21,25,27,31,36,38H,1,13-17,19-20H2,2-4H3/t25?,27-,31?,32+,33-/m1/s1. The minimum absolute atomic E-state index is 0.0440. The van der Waals surface area contributed by atoms with Gasteiger partial charge in [0.1, 0.15) is 6.10 Å². The normalized spacial score (nSPS) is 30.7. The first-order valence-electron chi connectivity index (χ1n) is 14.3. The number of amides is 1. The predicted octanol–water partition coefficient (Wildman–Crippen LogP) is 4.61. The van der Waals surface area contributed by atoms with Crippen LogP contribution in [-0.4, -0.2) is 69.3 Å². The largest absolute Gasteiger partial charge is 0.504 e. The summed E-state index contributed by atoms with van der Waals surface area (Å²) in [4.78, 5) is 18.2. The van der Waals surface area contributed by atoms with E-state index in [2.05, 4.69) is 31.4 Å². The van der Waals surface area contributed by atoms with Crippen molar-refractivity contribution in [3.8, 4) is 11.5 Å². The van der Waals surface area contributed by atoms with Crippen LogP contribution in [0.15, 0.2) is 55.1 Å². The first kappa shape index (κ1) is 26.1. The third-order valence-electron chi connectivity index (χ3n) is 9.61. The van der Waals surface area contributed by atoms with E-state index in [1.165, 1.54) is 0 Å². The Balaban J connectivity index is 1.42. The van der Waals surface area contributed by atoms with Gasteiger partial charge in [-0.2, -0.15) is 0 Å². The Morgan fingerprint density at radius 3 is 2.85 bits per heavy atom. The van der Waals surface area contributed by atoms with Crippen LogP contribution in [0.3, 0.4) is 0 Å². The summed E-state index contributed by atoms with van der Waals surface area (Å²) < 4.78 is 6.71. The maximum Gasteiger partial charge on any atom is 0.246 e. The molecule has 5 atom stereocenters. The van der Waals surface area contributed by atoms with Crippen LogP contribution in [0.25, 0.3) is 6.08 Å². The van der Waals surface area contributed by atoms with E-state index in [1.54, 1.807) is 12.1 Å². The molecule has 2 aliphatic heterocycles. The molecule has 0 radical (unpaired) electrons. The van der Waals surface area contributed by atoms with Gasteiger partial charge < -0.3 is 19.8 Å². The second-order valence-electron chi connectivity index (χ2n) is 12.4. The number of likely N-dealkylation sites (tertiary alicyclic amines) is 1. The molecule has 1 spiro atoms. The zero-order valence-corrected chi connectivity index (χ0v) is 23.3. The van der Waals surface area contributed by atoms with Crippen LogP contribution in [0, 0.1) is 12.8 Å². The predicted molar refractivity (Wildman–Crippen MR) is 153 cm³/mol. The van der Waals surface area contributed by atoms with Gasteiger partial charge in [-0.05, 0) is 68.3 Å². The number of hydrogen-bond acceptors (Lipinski definition) is 5. The van der Waals surface area contributed by atoms with E-state index in [9.17, 15) is 15.0 Å². The lowest BCUT2D eigenvalue weighted by molar-refractivity contribution is -0.199. The topological polar surface area (TPSA) is 73.2 Å². The summed E-state index contributed by atoms with van der Waals surface area (Å²) in [6.07, 6.45) is 7.69. The summed E-state index contributed by atoms with van der Waals surface area (Å²) in [6.45, 7) is 12.4. The number of aliphatic hydroxyl groups is 1. The monoisotopic (exact) mass is 528 g/mol. The van der Waals surface area contributed by atoms with Gasteiger partial charge in [0.25, 0.3) is 0 Å². The number of hydrogen-bond donors (Lipinski definition) is 2. The third kappa shape index (κ3) is 3.86. The molecule has 1 amide bonds. The van der Waals surface area contributed by atoms with Crippen LogP contribution in [0.5, 0.6) is 11.5 Å². The molecule has 206 valence electrons. The third-order valence-corrected chi connectivity index (χ3v) is 9.61. The minimum atomic E-state index is -1.01. The number of aryl methyl sites for hydroxylation is 1. The highest BCUT2D eigenvalue weighted by atomic mass is 16.5. The fourth-order valence-corrected chi connectivity index (χ4v) is 8.13. The van der Waals surface area contributed by atoms with E-state index in [-0.39, 0.29) is 29.7 Å². The van der Waals surface area contributed by atoms with Crippen LogP contribution < -0.4 is 4.74 Å². The highest BCUT2D eigenvalue weighted by Crippen LogP contribution is 2.65. The minimum Gasteiger partial charge on any atom is -0.504 e. The van der Waals surface area contributed by atoms with Gasteiger partial charge in [0.15, 0.2) is 11.5 Å². The molecule has 2 bridgehead atoms. The highest BCUT2D eigenvalue weighted by molar-refractivity contribution is 5.92. The van der Waals surface area contributed by atoms with E-state index in [0.29, 0.717) is 38.0 Å². The van der Waals surface area contributed by atoms with Gasteiger partial charge >= 0.3 is 0 Å². The number of rotatable bonds is 7. The Labute approximate surface area is 231 Å². The number of benzene rings is 2. The number of ether oxygens (including phenoxy) is 1. The summed E-state index contributed by atoms with van der Waals surface area (Å²) in [5, 5.41) is 23.6. The molecule has 2 aliphatic carbocycles. The number of carbonyl (C=O) groups is 1. The van der Waals surface area contributed by atoms with Gasteiger partial charge in [-0.25, -0.2) is 0 Å². The van der Waals surface area contributed by atoms with E-state index < -0.39 is 17.1 Å². The van der Waals surface area contributed by atoms with Crippen molar-refractivity contribution in [1.82, 2.24) is 9.80 Å².